The number of hydrogen-bond acceptors (Lipinski definition) is 7. The number of benzene rings is 2. The van der Waals surface area contributed by atoms with Gasteiger partial charge in [-0.05, 0) is 18.2 Å². The van der Waals surface area contributed by atoms with Crippen LogP contribution in [-0.4, -0.2) is 72.3 Å². The smallest absolute Gasteiger partial charge is 0.282 e. The third kappa shape index (κ3) is 3.61. The summed E-state index contributed by atoms with van der Waals surface area (Å²) in [6.45, 7) is 1.04. The van der Waals surface area contributed by atoms with E-state index in [2.05, 4.69) is 0 Å². The van der Waals surface area contributed by atoms with Crippen LogP contribution in [-0.2, 0) is 4.79 Å². The summed E-state index contributed by atoms with van der Waals surface area (Å²) >= 11 is 0. The molecule has 2 heterocycles. The second-order valence-corrected chi connectivity index (χ2v) is 7.34. The predicted octanol–water partition coefficient (Wildman–Crippen LogP) is 1.69. The van der Waals surface area contributed by atoms with E-state index in [-0.39, 0.29) is 11.1 Å². The Kier molecular flexibility index (Phi) is 5.47. The second-order valence-electron chi connectivity index (χ2n) is 7.34. The highest BCUT2D eigenvalue weighted by atomic mass is 19.1. The van der Waals surface area contributed by atoms with Crippen molar-refractivity contribution in [3.63, 3.8) is 0 Å². The number of hydrogen-bond donors (Lipinski definition) is 0. The van der Waals surface area contributed by atoms with Gasteiger partial charge in [-0.25, -0.2) is 4.39 Å². The third-order valence-electron chi connectivity index (χ3n) is 5.58. The highest BCUT2D eigenvalue weighted by Gasteiger charge is 2.42. The van der Waals surface area contributed by atoms with Gasteiger partial charge in [0.25, 0.3) is 17.5 Å². The van der Waals surface area contributed by atoms with E-state index in [1.165, 1.54) is 36.3 Å². The topological polar surface area (TPSA) is 113 Å². The van der Waals surface area contributed by atoms with Gasteiger partial charge in [0.2, 0.25) is 5.91 Å². The first-order valence-corrected chi connectivity index (χ1v) is 9.81. The van der Waals surface area contributed by atoms with Gasteiger partial charge in [-0.15, -0.1) is 0 Å². The molecule has 0 unspecified atom stereocenters. The zero-order valence-electron chi connectivity index (χ0n) is 17.1. The fourth-order valence-electron chi connectivity index (χ4n) is 3.96. The van der Waals surface area contributed by atoms with Crippen LogP contribution in [0.5, 0.6) is 5.75 Å². The molecule has 0 N–H and O–H groups in total. The number of carbonyl (C=O) groups excluding carboxylic acids is 3. The molecule has 1 saturated heterocycles. The van der Waals surface area contributed by atoms with E-state index in [1.807, 2.05) is 4.90 Å². The maximum atomic E-state index is 13.4. The number of ether oxygens (including phenoxy) is 1. The largest absolute Gasteiger partial charge is 0.494 e. The fraction of sp³-hybridized carbons (Fsp3) is 0.286. The Morgan fingerprint density at radius 2 is 1.84 bits per heavy atom. The summed E-state index contributed by atoms with van der Waals surface area (Å²) in [5, 5.41) is 11.2. The number of carbonyl (C=O) groups is 3. The van der Waals surface area contributed by atoms with Crippen molar-refractivity contribution >= 4 is 29.1 Å². The molecule has 0 saturated carbocycles. The number of imide groups is 1. The van der Waals surface area contributed by atoms with Crippen molar-refractivity contribution in [2.75, 3.05) is 44.7 Å². The van der Waals surface area contributed by atoms with E-state index in [4.69, 9.17) is 4.74 Å². The van der Waals surface area contributed by atoms with Gasteiger partial charge in [-0.1, -0.05) is 6.07 Å². The zero-order chi connectivity index (χ0) is 23.0. The van der Waals surface area contributed by atoms with Crippen molar-refractivity contribution in [3.05, 3.63) is 63.5 Å². The molecule has 32 heavy (non-hydrogen) atoms. The quantitative estimate of drug-likeness (QED) is 0.393. The molecule has 0 atom stereocenters. The first-order valence-electron chi connectivity index (χ1n) is 9.81. The number of anilines is 1. The molecule has 3 amide bonds. The van der Waals surface area contributed by atoms with Crippen LogP contribution in [0.4, 0.5) is 15.8 Å². The van der Waals surface area contributed by atoms with Crippen LogP contribution >= 0.6 is 0 Å². The Hall–Kier alpha value is -4.02. The molecular weight excluding hydrogens is 423 g/mol. The Morgan fingerprint density at radius 3 is 2.50 bits per heavy atom. The van der Waals surface area contributed by atoms with E-state index >= 15 is 0 Å². The lowest BCUT2D eigenvalue weighted by Crippen LogP contribution is -2.52. The number of halogens is 1. The minimum Gasteiger partial charge on any atom is -0.494 e. The van der Waals surface area contributed by atoms with Gasteiger partial charge in [0.1, 0.15) is 23.7 Å². The van der Waals surface area contributed by atoms with Crippen LogP contribution in [0.2, 0.25) is 0 Å². The molecular formula is C21H19FN4O6. The molecule has 166 valence electrons. The van der Waals surface area contributed by atoms with Gasteiger partial charge in [0, 0.05) is 38.3 Å². The lowest BCUT2D eigenvalue weighted by atomic mass is 10.1. The third-order valence-corrected chi connectivity index (χ3v) is 5.58. The van der Waals surface area contributed by atoms with Gasteiger partial charge in [-0.3, -0.25) is 29.4 Å². The summed E-state index contributed by atoms with van der Waals surface area (Å²) in [6.07, 6.45) is 0. The number of nitrogens with zero attached hydrogens (tertiary/aromatic N) is 4. The van der Waals surface area contributed by atoms with Crippen molar-refractivity contribution in [1.82, 2.24) is 9.80 Å². The molecule has 0 radical (unpaired) electrons. The second kappa shape index (κ2) is 8.25. The standard InChI is InChI=1S/C21H19FN4O6/c1-32-17-11-13(22)5-6-15(17)23-7-9-24(10-8-23)18(27)12-25-20(28)14-3-2-4-16(26(30)31)19(14)21(25)29/h2-6,11H,7-10,12H2,1H3. The lowest BCUT2D eigenvalue weighted by molar-refractivity contribution is -0.385. The van der Waals surface area contributed by atoms with E-state index in [9.17, 15) is 28.9 Å². The van der Waals surface area contributed by atoms with Crippen LogP contribution in [0.1, 0.15) is 20.7 Å². The van der Waals surface area contributed by atoms with E-state index in [0.717, 1.165) is 11.0 Å². The lowest BCUT2D eigenvalue weighted by Gasteiger charge is -2.37. The summed E-state index contributed by atoms with van der Waals surface area (Å²) in [4.78, 5) is 52.7. The molecule has 2 aliphatic rings. The Balaban J connectivity index is 1.43. The minimum atomic E-state index is -0.847. The maximum absolute atomic E-state index is 13.4. The SMILES string of the molecule is COc1cc(F)ccc1N1CCN(C(=O)CN2C(=O)c3cccc([N+](=O)[O-])c3C2=O)CC1. The minimum absolute atomic E-state index is 0.0785. The van der Waals surface area contributed by atoms with Crippen molar-refractivity contribution < 1.29 is 28.4 Å². The highest BCUT2D eigenvalue weighted by Crippen LogP contribution is 2.31. The zero-order valence-corrected chi connectivity index (χ0v) is 17.1. The summed E-state index contributed by atoms with van der Waals surface area (Å²) in [7, 11) is 1.45. The number of nitro benzene ring substituents is 1. The highest BCUT2D eigenvalue weighted by molar-refractivity contribution is 6.24. The molecule has 2 aliphatic heterocycles. The first kappa shape index (κ1) is 21.2. The Labute approximate surface area is 181 Å². The molecule has 1 fully saturated rings. The number of methoxy groups -OCH3 is 1. The number of fused-ring (bicyclic) bond motifs is 1. The first-order chi connectivity index (χ1) is 15.3. The van der Waals surface area contributed by atoms with Crippen molar-refractivity contribution in [2.24, 2.45) is 0 Å². The van der Waals surface area contributed by atoms with Crippen LogP contribution < -0.4 is 9.64 Å². The molecule has 10 nitrogen and oxygen atoms in total. The molecule has 2 aromatic carbocycles. The van der Waals surface area contributed by atoms with E-state index in [1.54, 1.807) is 6.07 Å². The normalized spacial score (nSPS) is 15.8. The van der Waals surface area contributed by atoms with Crippen molar-refractivity contribution in [2.45, 2.75) is 0 Å². The Morgan fingerprint density at radius 1 is 1.12 bits per heavy atom. The molecule has 4 rings (SSSR count). The molecule has 2 aromatic rings. The van der Waals surface area contributed by atoms with Gasteiger partial charge in [0.05, 0.1) is 23.3 Å². The van der Waals surface area contributed by atoms with Gasteiger partial charge in [-0.2, -0.15) is 0 Å². The van der Waals surface area contributed by atoms with E-state index in [0.29, 0.717) is 37.6 Å². The summed E-state index contributed by atoms with van der Waals surface area (Å²) in [5.74, 6) is -2.04. The Bertz CT molecular complexity index is 1130. The molecule has 0 bridgehead atoms. The predicted molar refractivity (Wildman–Crippen MR) is 110 cm³/mol. The molecule has 0 aromatic heterocycles. The van der Waals surface area contributed by atoms with Crippen LogP contribution in [0.3, 0.4) is 0 Å². The summed E-state index contributed by atoms with van der Waals surface area (Å²) < 4.78 is 18.7. The van der Waals surface area contributed by atoms with Gasteiger partial charge in [0.15, 0.2) is 0 Å². The average molecular weight is 442 g/mol. The van der Waals surface area contributed by atoms with Crippen molar-refractivity contribution in [1.29, 1.82) is 0 Å². The number of amides is 3. The number of piperazine rings is 1. The van der Waals surface area contributed by atoms with Crippen LogP contribution in [0, 0.1) is 15.9 Å². The number of nitro groups is 1. The molecule has 0 spiro atoms. The number of rotatable bonds is 5. The van der Waals surface area contributed by atoms with E-state index < -0.39 is 40.7 Å². The van der Waals surface area contributed by atoms with Crippen molar-refractivity contribution in [3.8, 4) is 5.75 Å². The molecule has 0 aliphatic carbocycles. The van der Waals surface area contributed by atoms with Crippen LogP contribution in [0.25, 0.3) is 0 Å². The van der Waals surface area contributed by atoms with Crippen LogP contribution in [0.15, 0.2) is 36.4 Å². The molecule has 11 heteroatoms. The van der Waals surface area contributed by atoms with Gasteiger partial charge < -0.3 is 14.5 Å². The maximum Gasteiger partial charge on any atom is 0.282 e. The summed E-state index contributed by atoms with van der Waals surface area (Å²) in [6, 6.07) is 8.04. The average Bonchev–Trinajstić information content (AvgIpc) is 3.03. The van der Waals surface area contributed by atoms with Gasteiger partial charge >= 0.3 is 0 Å². The summed E-state index contributed by atoms with van der Waals surface area (Å²) in [5.41, 5.74) is -0.125. The monoisotopic (exact) mass is 442 g/mol. The fourth-order valence-corrected chi connectivity index (χ4v) is 3.96.